The predicted octanol–water partition coefficient (Wildman–Crippen LogP) is 2.34. The number of hydrogen-bond acceptors (Lipinski definition) is 3. The minimum absolute atomic E-state index is 0.127. The van der Waals surface area contributed by atoms with Crippen molar-refractivity contribution in [3.63, 3.8) is 0 Å². The number of aliphatic carboxylic acids is 1. The Morgan fingerprint density at radius 1 is 1.47 bits per heavy atom. The number of furan rings is 1. The zero-order valence-corrected chi connectivity index (χ0v) is 11.4. The van der Waals surface area contributed by atoms with E-state index in [9.17, 15) is 9.59 Å². The number of carbonyl (C=O) groups is 2. The first-order chi connectivity index (χ1) is 8.93. The first kappa shape index (κ1) is 13.6. The van der Waals surface area contributed by atoms with Crippen molar-refractivity contribution in [3.8, 4) is 0 Å². The Morgan fingerprint density at radius 2 is 2.16 bits per heavy atom. The first-order valence-corrected chi connectivity index (χ1v) is 6.54. The van der Waals surface area contributed by atoms with Crippen LogP contribution in [0.25, 0.3) is 0 Å². The number of amides is 1. The average molecular weight is 265 g/mol. The van der Waals surface area contributed by atoms with Crippen LogP contribution in [0.15, 0.2) is 16.7 Å². The Bertz CT molecular complexity index is 491. The zero-order valence-electron chi connectivity index (χ0n) is 11.4. The molecule has 0 spiro atoms. The van der Waals surface area contributed by atoms with Gasteiger partial charge in [0, 0.05) is 18.5 Å². The number of carbonyl (C=O) groups excluding carboxylic acids is 1. The molecular formula is C14H19NO4. The molecule has 1 fully saturated rings. The highest BCUT2D eigenvalue weighted by Crippen LogP contribution is 2.29. The van der Waals surface area contributed by atoms with Gasteiger partial charge in [-0.1, -0.05) is 13.8 Å². The van der Waals surface area contributed by atoms with Crippen LogP contribution in [-0.4, -0.2) is 34.5 Å². The molecule has 0 radical (unpaired) electrons. The van der Waals surface area contributed by atoms with Crippen LogP contribution in [-0.2, 0) is 4.79 Å². The van der Waals surface area contributed by atoms with Crippen molar-refractivity contribution in [2.45, 2.75) is 39.2 Å². The summed E-state index contributed by atoms with van der Waals surface area (Å²) in [6, 6.07) is 1.39. The Balaban J connectivity index is 2.21. The Morgan fingerprint density at radius 3 is 2.68 bits per heavy atom. The molecule has 1 aromatic rings. The van der Waals surface area contributed by atoms with Crippen molar-refractivity contribution >= 4 is 11.9 Å². The molecule has 0 saturated carbocycles. The molecule has 1 aromatic heterocycles. The lowest BCUT2D eigenvalue weighted by atomic mass is 10.0. The highest BCUT2D eigenvalue weighted by atomic mass is 16.4. The van der Waals surface area contributed by atoms with Gasteiger partial charge in [-0.15, -0.1) is 0 Å². The molecule has 0 aromatic carbocycles. The van der Waals surface area contributed by atoms with Crippen LogP contribution in [0.1, 0.15) is 49.2 Å². The van der Waals surface area contributed by atoms with Crippen molar-refractivity contribution in [1.82, 2.24) is 4.90 Å². The largest absolute Gasteiger partial charge is 0.481 e. The van der Waals surface area contributed by atoms with Crippen LogP contribution < -0.4 is 0 Å². The molecule has 104 valence electrons. The maximum absolute atomic E-state index is 12.5. The molecule has 2 heterocycles. The second kappa shape index (κ2) is 5.07. The highest BCUT2D eigenvalue weighted by molar-refractivity contribution is 5.96. The van der Waals surface area contributed by atoms with E-state index in [4.69, 9.17) is 9.52 Å². The van der Waals surface area contributed by atoms with E-state index in [0.29, 0.717) is 24.3 Å². The number of carboxylic acids is 1. The second-order valence-electron chi connectivity index (χ2n) is 5.33. The summed E-state index contributed by atoms with van der Waals surface area (Å²) in [5, 5.41) is 9.10. The van der Waals surface area contributed by atoms with Crippen LogP contribution in [0.3, 0.4) is 0 Å². The Labute approximate surface area is 112 Å². The van der Waals surface area contributed by atoms with E-state index in [1.165, 1.54) is 6.26 Å². The standard InChI is InChI=1S/C14H19NO4/c1-8(2)12-11(5-7-19-12)13(16)15-6-4-10(9(15)3)14(17)18/h5,7-10H,4,6H2,1-3H3,(H,17,18). The molecule has 5 heteroatoms. The van der Waals surface area contributed by atoms with Crippen LogP contribution in [0.5, 0.6) is 0 Å². The SMILES string of the molecule is CC(C)c1occc1C(=O)N1CCC(C(=O)O)C1C. The number of likely N-dealkylation sites (tertiary alicyclic amines) is 1. The van der Waals surface area contributed by atoms with Gasteiger partial charge in [-0.25, -0.2) is 0 Å². The molecule has 1 saturated heterocycles. The fraction of sp³-hybridized carbons (Fsp3) is 0.571. The lowest BCUT2D eigenvalue weighted by Gasteiger charge is -2.23. The van der Waals surface area contributed by atoms with Crippen LogP contribution >= 0.6 is 0 Å². The van der Waals surface area contributed by atoms with Gasteiger partial charge in [-0.05, 0) is 19.4 Å². The monoisotopic (exact) mass is 265 g/mol. The van der Waals surface area contributed by atoms with E-state index in [0.717, 1.165) is 0 Å². The molecule has 0 aliphatic carbocycles. The topological polar surface area (TPSA) is 70.8 Å². The minimum Gasteiger partial charge on any atom is -0.481 e. The predicted molar refractivity (Wildman–Crippen MR) is 69.0 cm³/mol. The fourth-order valence-electron chi connectivity index (χ4n) is 2.66. The maximum Gasteiger partial charge on any atom is 0.308 e. The summed E-state index contributed by atoms with van der Waals surface area (Å²) in [5.41, 5.74) is 0.549. The van der Waals surface area contributed by atoms with Gasteiger partial charge >= 0.3 is 5.97 Å². The third-order valence-corrected chi connectivity index (χ3v) is 3.78. The average Bonchev–Trinajstić information content (AvgIpc) is 2.93. The van der Waals surface area contributed by atoms with Crippen molar-refractivity contribution < 1.29 is 19.1 Å². The van der Waals surface area contributed by atoms with Crippen molar-refractivity contribution in [3.05, 3.63) is 23.7 Å². The molecule has 2 atom stereocenters. The third-order valence-electron chi connectivity index (χ3n) is 3.78. The lowest BCUT2D eigenvalue weighted by molar-refractivity contribution is -0.142. The molecule has 2 unspecified atom stereocenters. The van der Waals surface area contributed by atoms with Gasteiger partial charge in [-0.2, -0.15) is 0 Å². The van der Waals surface area contributed by atoms with E-state index >= 15 is 0 Å². The third kappa shape index (κ3) is 2.37. The smallest absolute Gasteiger partial charge is 0.308 e. The van der Waals surface area contributed by atoms with Crippen LogP contribution in [0.2, 0.25) is 0 Å². The van der Waals surface area contributed by atoms with Crippen LogP contribution in [0.4, 0.5) is 0 Å². The van der Waals surface area contributed by atoms with E-state index in [2.05, 4.69) is 0 Å². The Kier molecular flexibility index (Phi) is 3.64. The summed E-state index contributed by atoms with van der Waals surface area (Å²) in [6.45, 7) is 6.20. The molecule has 19 heavy (non-hydrogen) atoms. The molecule has 0 bridgehead atoms. The van der Waals surface area contributed by atoms with E-state index < -0.39 is 11.9 Å². The normalized spacial score (nSPS) is 23.1. The molecule has 2 rings (SSSR count). The van der Waals surface area contributed by atoms with E-state index in [-0.39, 0.29) is 17.9 Å². The number of hydrogen-bond donors (Lipinski definition) is 1. The maximum atomic E-state index is 12.5. The van der Waals surface area contributed by atoms with Gasteiger partial charge in [0.25, 0.3) is 5.91 Å². The summed E-state index contributed by atoms with van der Waals surface area (Å²) in [7, 11) is 0. The van der Waals surface area contributed by atoms with Crippen molar-refractivity contribution in [2.75, 3.05) is 6.54 Å². The summed E-state index contributed by atoms with van der Waals surface area (Å²) >= 11 is 0. The first-order valence-electron chi connectivity index (χ1n) is 6.54. The summed E-state index contributed by atoms with van der Waals surface area (Å²) < 4.78 is 5.35. The molecule has 1 N–H and O–H groups in total. The van der Waals surface area contributed by atoms with Gasteiger partial charge in [0.1, 0.15) is 5.76 Å². The van der Waals surface area contributed by atoms with Gasteiger partial charge in [-0.3, -0.25) is 9.59 Å². The molecule has 5 nitrogen and oxygen atoms in total. The quantitative estimate of drug-likeness (QED) is 0.910. The van der Waals surface area contributed by atoms with Crippen LogP contribution in [0, 0.1) is 5.92 Å². The summed E-state index contributed by atoms with van der Waals surface area (Å²) in [6.07, 6.45) is 2.02. The Hall–Kier alpha value is -1.78. The highest BCUT2D eigenvalue weighted by Gasteiger charge is 2.39. The molecule has 1 amide bonds. The fourth-order valence-corrected chi connectivity index (χ4v) is 2.66. The lowest BCUT2D eigenvalue weighted by Crippen LogP contribution is -2.37. The van der Waals surface area contributed by atoms with Gasteiger partial charge in [0.05, 0.1) is 17.7 Å². The molecule has 1 aliphatic heterocycles. The second-order valence-corrected chi connectivity index (χ2v) is 5.33. The van der Waals surface area contributed by atoms with Crippen molar-refractivity contribution in [1.29, 1.82) is 0 Å². The number of carboxylic acid groups (broad SMARTS) is 1. The zero-order chi connectivity index (χ0) is 14.2. The number of nitrogens with zero attached hydrogens (tertiary/aromatic N) is 1. The van der Waals surface area contributed by atoms with Gasteiger partial charge in [0.15, 0.2) is 0 Å². The van der Waals surface area contributed by atoms with Crippen molar-refractivity contribution in [2.24, 2.45) is 5.92 Å². The molecular weight excluding hydrogens is 246 g/mol. The van der Waals surface area contributed by atoms with E-state index in [1.807, 2.05) is 13.8 Å². The van der Waals surface area contributed by atoms with E-state index in [1.54, 1.807) is 17.9 Å². The molecule has 1 aliphatic rings. The number of rotatable bonds is 3. The summed E-state index contributed by atoms with van der Waals surface area (Å²) in [4.78, 5) is 25.2. The van der Waals surface area contributed by atoms with Gasteiger partial charge in [0.2, 0.25) is 0 Å². The summed E-state index contributed by atoms with van der Waals surface area (Å²) in [5.74, 6) is -0.649. The van der Waals surface area contributed by atoms with Gasteiger partial charge < -0.3 is 14.4 Å². The minimum atomic E-state index is -0.834.